The number of rotatable bonds is 6. The van der Waals surface area contributed by atoms with Crippen LogP contribution in [-0.4, -0.2) is 41.5 Å². The van der Waals surface area contributed by atoms with E-state index in [2.05, 4.69) is 10.4 Å². The molecule has 0 aliphatic carbocycles. The van der Waals surface area contributed by atoms with Crippen molar-refractivity contribution in [2.45, 2.75) is 24.3 Å². The van der Waals surface area contributed by atoms with Crippen LogP contribution in [0, 0.1) is 5.92 Å². The minimum absolute atomic E-state index is 0.151. The zero-order valence-corrected chi connectivity index (χ0v) is 19.4. The van der Waals surface area contributed by atoms with Gasteiger partial charge in [0.2, 0.25) is 15.9 Å². The van der Waals surface area contributed by atoms with Gasteiger partial charge in [0.15, 0.2) is 5.82 Å². The van der Waals surface area contributed by atoms with Gasteiger partial charge in [0.25, 0.3) is 0 Å². The normalized spacial score (nSPS) is 15.6. The number of benzene rings is 2. The van der Waals surface area contributed by atoms with E-state index < -0.39 is 10.0 Å². The molecule has 1 aliphatic heterocycles. The summed E-state index contributed by atoms with van der Waals surface area (Å²) in [7, 11) is -3.53. The molecule has 10 heteroatoms. The lowest BCUT2D eigenvalue weighted by Gasteiger charge is -2.30. The van der Waals surface area contributed by atoms with Crippen molar-refractivity contribution in [2.24, 2.45) is 5.92 Å². The van der Waals surface area contributed by atoms with E-state index in [1.54, 1.807) is 59.4 Å². The first-order chi connectivity index (χ1) is 15.3. The molecule has 1 fully saturated rings. The summed E-state index contributed by atoms with van der Waals surface area (Å²) < 4.78 is 28.6. The Morgan fingerprint density at radius 3 is 2.44 bits per heavy atom. The van der Waals surface area contributed by atoms with Crippen LogP contribution in [0.15, 0.2) is 65.7 Å². The molecule has 2 heterocycles. The van der Waals surface area contributed by atoms with E-state index >= 15 is 0 Å². The van der Waals surface area contributed by atoms with E-state index in [0.29, 0.717) is 48.3 Å². The van der Waals surface area contributed by atoms with Crippen molar-refractivity contribution < 1.29 is 13.2 Å². The monoisotopic (exact) mass is 492 g/mol. The Labute approximate surface area is 197 Å². The van der Waals surface area contributed by atoms with Gasteiger partial charge in [0, 0.05) is 31.3 Å². The highest BCUT2D eigenvalue weighted by Crippen LogP contribution is 2.25. The summed E-state index contributed by atoms with van der Waals surface area (Å²) in [6.07, 6.45) is 2.69. The van der Waals surface area contributed by atoms with Gasteiger partial charge in [-0.2, -0.15) is 9.40 Å². The third-order valence-electron chi connectivity index (χ3n) is 5.43. The summed E-state index contributed by atoms with van der Waals surface area (Å²) in [4.78, 5) is 13.0. The first-order valence-electron chi connectivity index (χ1n) is 10.2. The first-order valence-corrected chi connectivity index (χ1v) is 12.4. The molecule has 0 unspecified atom stereocenters. The van der Waals surface area contributed by atoms with Crippen molar-refractivity contribution >= 4 is 45.0 Å². The van der Waals surface area contributed by atoms with Gasteiger partial charge in [-0.05, 0) is 42.7 Å². The summed E-state index contributed by atoms with van der Waals surface area (Å²) >= 11 is 12.0. The number of sulfonamides is 1. The summed E-state index contributed by atoms with van der Waals surface area (Å²) in [5, 5.41) is 8.20. The van der Waals surface area contributed by atoms with Crippen molar-refractivity contribution in [1.29, 1.82) is 0 Å². The van der Waals surface area contributed by atoms with E-state index in [4.69, 9.17) is 23.2 Å². The van der Waals surface area contributed by atoms with E-state index in [0.717, 1.165) is 5.56 Å². The zero-order chi connectivity index (χ0) is 22.7. The summed E-state index contributed by atoms with van der Waals surface area (Å²) in [5.41, 5.74) is 0.937. The Bertz CT molecular complexity index is 1210. The highest BCUT2D eigenvalue weighted by Gasteiger charge is 2.32. The number of amides is 1. The van der Waals surface area contributed by atoms with Gasteiger partial charge in [-0.25, -0.2) is 8.42 Å². The molecule has 1 aromatic heterocycles. The number of nitrogens with one attached hydrogen (secondary N) is 1. The lowest BCUT2D eigenvalue weighted by atomic mass is 9.97. The molecule has 32 heavy (non-hydrogen) atoms. The Kier molecular flexibility index (Phi) is 6.85. The lowest BCUT2D eigenvalue weighted by molar-refractivity contribution is -0.120. The number of carbonyl (C=O) groups excluding carboxylic acids is 1. The number of hydrogen-bond donors (Lipinski definition) is 1. The van der Waals surface area contributed by atoms with Crippen LogP contribution < -0.4 is 5.32 Å². The van der Waals surface area contributed by atoms with Gasteiger partial charge in [0.1, 0.15) is 0 Å². The third-order valence-corrected chi connectivity index (χ3v) is 8.08. The number of hydrogen-bond acceptors (Lipinski definition) is 4. The van der Waals surface area contributed by atoms with Crippen molar-refractivity contribution in [2.75, 3.05) is 18.4 Å². The van der Waals surface area contributed by atoms with Crippen molar-refractivity contribution in [3.8, 4) is 0 Å². The number of anilines is 1. The molecule has 0 bridgehead atoms. The molecular formula is C22H22Cl2N4O3S. The summed E-state index contributed by atoms with van der Waals surface area (Å²) in [5.74, 6) is 0.0355. The topological polar surface area (TPSA) is 84.3 Å². The zero-order valence-electron chi connectivity index (χ0n) is 17.1. The molecule has 4 rings (SSSR count). The fraction of sp³-hybridized carbons (Fsp3) is 0.273. The highest BCUT2D eigenvalue weighted by molar-refractivity contribution is 7.89. The second-order valence-electron chi connectivity index (χ2n) is 7.63. The maximum Gasteiger partial charge on any atom is 0.243 e. The van der Waals surface area contributed by atoms with Crippen LogP contribution in [0.1, 0.15) is 18.4 Å². The molecule has 1 saturated heterocycles. The molecule has 0 atom stereocenters. The van der Waals surface area contributed by atoms with Gasteiger partial charge in [0.05, 0.1) is 21.5 Å². The number of carbonyl (C=O) groups is 1. The fourth-order valence-corrected chi connectivity index (χ4v) is 5.48. The van der Waals surface area contributed by atoms with Gasteiger partial charge >= 0.3 is 0 Å². The predicted molar refractivity (Wildman–Crippen MR) is 124 cm³/mol. The van der Waals surface area contributed by atoms with Crippen molar-refractivity contribution in [3.05, 3.63) is 76.4 Å². The number of piperidine rings is 1. The fourth-order valence-electron chi connectivity index (χ4n) is 3.67. The molecule has 2 aromatic carbocycles. The molecule has 7 nitrogen and oxygen atoms in total. The van der Waals surface area contributed by atoms with Crippen LogP contribution in [0.5, 0.6) is 0 Å². The Balaban J connectivity index is 1.32. The number of halogens is 2. The highest BCUT2D eigenvalue weighted by atomic mass is 35.5. The Hall–Kier alpha value is -2.39. The first kappa shape index (κ1) is 22.8. The van der Waals surface area contributed by atoms with Crippen molar-refractivity contribution in [3.63, 3.8) is 0 Å². The Morgan fingerprint density at radius 2 is 1.75 bits per heavy atom. The van der Waals surface area contributed by atoms with Crippen LogP contribution in [0.25, 0.3) is 0 Å². The minimum Gasteiger partial charge on any atom is -0.309 e. The largest absolute Gasteiger partial charge is 0.309 e. The smallest absolute Gasteiger partial charge is 0.243 e. The van der Waals surface area contributed by atoms with E-state index in [-0.39, 0.29) is 16.7 Å². The Morgan fingerprint density at radius 1 is 1.03 bits per heavy atom. The summed E-state index contributed by atoms with van der Waals surface area (Å²) in [6, 6.07) is 15.5. The van der Waals surface area contributed by atoms with Crippen molar-refractivity contribution in [1.82, 2.24) is 14.1 Å². The molecular weight excluding hydrogens is 471 g/mol. The predicted octanol–water partition coefficient (Wildman–Crippen LogP) is 4.28. The average molecular weight is 493 g/mol. The van der Waals surface area contributed by atoms with Gasteiger partial charge in [-0.3, -0.25) is 9.48 Å². The van der Waals surface area contributed by atoms with E-state index in [1.165, 1.54) is 4.31 Å². The quantitative estimate of drug-likeness (QED) is 0.556. The maximum atomic E-state index is 12.7. The van der Waals surface area contributed by atoms with Crippen LogP contribution in [0.4, 0.5) is 5.82 Å². The number of nitrogens with zero attached hydrogens (tertiary/aromatic N) is 3. The maximum absolute atomic E-state index is 12.7. The van der Waals surface area contributed by atoms with E-state index in [9.17, 15) is 13.2 Å². The van der Waals surface area contributed by atoms with Gasteiger partial charge < -0.3 is 5.32 Å². The molecule has 0 saturated carbocycles. The average Bonchev–Trinajstić information content (AvgIpc) is 3.23. The second-order valence-corrected chi connectivity index (χ2v) is 10.4. The molecule has 1 aliphatic rings. The van der Waals surface area contributed by atoms with Crippen LogP contribution >= 0.6 is 23.2 Å². The van der Waals surface area contributed by atoms with Crippen LogP contribution in [0.3, 0.4) is 0 Å². The third kappa shape index (κ3) is 5.15. The molecule has 168 valence electrons. The van der Waals surface area contributed by atoms with E-state index in [1.807, 2.05) is 6.07 Å². The van der Waals surface area contributed by atoms with Gasteiger partial charge in [-0.1, -0.05) is 47.5 Å². The lowest BCUT2D eigenvalue weighted by Crippen LogP contribution is -2.41. The van der Waals surface area contributed by atoms with Crippen LogP contribution in [-0.2, 0) is 21.4 Å². The molecule has 1 amide bonds. The molecule has 0 radical (unpaired) electrons. The SMILES string of the molecule is O=C(Nc1ccn(Cc2ccc(Cl)c(Cl)c2)n1)C1CCN(S(=O)(=O)c2ccccc2)CC1. The standard InChI is InChI=1S/C22H22Cl2N4O3S/c23-19-7-6-16(14-20(19)24)15-27-11-10-21(26-27)25-22(29)17-8-12-28(13-9-17)32(30,31)18-4-2-1-3-5-18/h1-7,10-11,14,17H,8-9,12-13,15H2,(H,25,26,29). The number of aromatic nitrogens is 2. The summed E-state index contributed by atoms with van der Waals surface area (Å²) in [6.45, 7) is 1.10. The van der Waals surface area contributed by atoms with Gasteiger partial charge in [-0.15, -0.1) is 0 Å². The minimum atomic E-state index is -3.53. The molecule has 3 aromatic rings. The molecule has 1 N–H and O–H groups in total. The molecule has 0 spiro atoms. The second kappa shape index (κ2) is 9.62. The van der Waals surface area contributed by atoms with Crippen LogP contribution in [0.2, 0.25) is 10.0 Å².